The number of hydrogen-bond donors (Lipinski definition) is 1. The Morgan fingerprint density at radius 2 is 2.00 bits per heavy atom. The van der Waals surface area contributed by atoms with E-state index in [2.05, 4.69) is 85.9 Å². The molecule has 0 fully saturated rings. The molecule has 1 atom stereocenters. The van der Waals surface area contributed by atoms with Gasteiger partial charge in [-0.2, -0.15) is 5.10 Å². The average Bonchev–Trinajstić information content (AvgIpc) is 2.84. The maximum atomic E-state index is 4.45. The Morgan fingerprint density at radius 1 is 1.24 bits per heavy atom. The minimum Gasteiger partial charge on any atom is -0.305 e. The minimum atomic E-state index is 0.147. The van der Waals surface area contributed by atoms with Crippen LogP contribution in [0.3, 0.4) is 0 Å². The predicted molar refractivity (Wildman–Crippen MR) is 94.6 cm³/mol. The number of halogens is 2. The smallest absolute Gasteiger partial charge is 0.0759 e. The molecule has 0 spiro atoms. The molecule has 0 amide bonds. The van der Waals surface area contributed by atoms with Crippen molar-refractivity contribution in [2.45, 2.75) is 39.8 Å². The summed E-state index contributed by atoms with van der Waals surface area (Å²) in [7, 11) is 0. The fourth-order valence-corrected chi connectivity index (χ4v) is 3.19. The summed E-state index contributed by atoms with van der Waals surface area (Å²) in [5, 5.41) is 8.09. The van der Waals surface area contributed by atoms with Crippen LogP contribution in [0, 0.1) is 6.92 Å². The Hall–Kier alpha value is -0.650. The number of benzene rings is 1. The van der Waals surface area contributed by atoms with E-state index >= 15 is 0 Å². The lowest BCUT2D eigenvalue weighted by Crippen LogP contribution is -2.26. The highest BCUT2D eigenvalue weighted by atomic mass is 79.9. The first kappa shape index (κ1) is 16.7. The molecule has 114 valence electrons. The second-order valence-electron chi connectivity index (χ2n) is 5.09. The second kappa shape index (κ2) is 7.56. The molecule has 1 aromatic heterocycles. The highest BCUT2D eigenvalue weighted by Gasteiger charge is 2.21. The number of rotatable bonds is 6. The van der Waals surface area contributed by atoms with Gasteiger partial charge in [0.25, 0.3) is 0 Å². The van der Waals surface area contributed by atoms with Crippen molar-refractivity contribution in [2.75, 3.05) is 6.54 Å². The van der Waals surface area contributed by atoms with Crippen LogP contribution in [0.25, 0.3) is 0 Å². The first-order valence-electron chi connectivity index (χ1n) is 7.29. The molecule has 1 N–H and O–H groups in total. The minimum absolute atomic E-state index is 0.147. The van der Waals surface area contributed by atoms with Gasteiger partial charge in [-0.3, -0.25) is 4.68 Å². The molecule has 21 heavy (non-hydrogen) atoms. The Morgan fingerprint density at radius 3 is 2.62 bits per heavy atom. The van der Waals surface area contributed by atoms with E-state index in [1.54, 1.807) is 0 Å². The first-order valence-corrected chi connectivity index (χ1v) is 8.87. The van der Waals surface area contributed by atoms with Crippen molar-refractivity contribution in [3.05, 3.63) is 50.2 Å². The van der Waals surface area contributed by atoms with Crippen molar-refractivity contribution in [1.29, 1.82) is 0 Å². The zero-order chi connectivity index (χ0) is 15.4. The number of aromatic nitrogens is 2. The van der Waals surface area contributed by atoms with Crippen molar-refractivity contribution in [3.63, 3.8) is 0 Å². The fourth-order valence-electron chi connectivity index (χ4n) is 2.42. The Bertz CT molecular complexity index is 608. The summed E-state index contributed by atoms with van der Waals surface area (Å²) in [6.45, 7) is 8.26. The van der Waals surface area contributed by atoms with Gasteiger partial charge in [0.05, 0.1) is 22.4 Å². The van der Waals surface area contributed by atoms with Gasteiger partial charge in [-0.15, -0.1) is 0 Å². The molecule has 1 aromatic carbocycles. The van der Waals surface area contributed by atoms with E-state index in [1.807, 2.05) is 6.20 Å². The van der Waals surface area contributed by atoms with E-state index in [0.29, 0.717) is 0 Å². The molecule has 2 aromatic rings. The summed E-state index contributed by atoms with van der Waals surface area (Å²) in [5.74, 6) is 0. The highest BCUT2D eigenvalue weighted by molar-refractivity contribution is 9.10. The Balaban J connectivity index is 2.46. The molecule has 3 nitrogen and oxygen atoms in total. The van der Waals surface area contributed by atoms with Gasteiger partial charge in [0.2, 0.25) is 0 Å². The molecule has 0 saturated heterocycles. The van der Waals surface area contributed by atoms with Crippen LogP contribution in [0.1, 0.15) is 43.1 Å². The molecule has 5 heteroatoms. The van der Waals surface area contributed by atoms with Crippen LogP contribution in [-0.2, 0) is 6.54 Å². The molecule has 1 heterocycles. The van der Waals surface area contributed by atoms with Gasteiger partial charge in [0, 0.05) is 11.0 Å². The third-order valence-corrected chi connectivity index (χ3v) is 5.02. The van der Waals surface area contributed by atoms with E-state index in [-0.39, 0.29) is 6.04 Å². The summed E-state index contributed by atoms with van der Waals surface area (Å²) >= 11 is 7.22. The lowest BCUT2D eigenvalue weighted by atomic mass is 10.0. The molecular weight excluding hydrogens is 394 g/mol. The van der Waals surface area contributed by atoms with Crippen LogP contribution < -0.4 is 5.32 Å². The zero-order valence-corrected chi connectivity index (χ0v) is 15.8. The van der Waals surface area contributed by atoms with Gasteiger partial charge in [-0.25, -0.2) is 0 Å². The molecule has 0 aliphatic heterocycles. The molecule has 0 aliphatic rings. The molecule has 2 rings (SSSR count). The van der Waals surface area contributed by atoms with Crippen molar-refractivity contribution >= 4 is 31.9 Å². The standard InChI is InChI=1S/C16H21Br2N3/c1-4-8-19-15(12-6-7-13(17)11(3)9-12)16-14(18)10-20-21(16)5-2/h6-7,9-10,15,19H,4-5,8H2,1-3H3. The van der Waals surface area contributed by atoms with E-state index in [1.165, 1.54) is 16.8 Å². The fraction of sp³-hybridized carbons (Fsp3) is 0.438. The van der Waals surface area contributed by atoms with Crippen LogP contribution in [-0.4, -0.2) is 16.3 Å². The van der Waals surface area contributed by atoms with Crippen molar-refractivity contribution < 1.29 is 0 Å². The van der Waals surface area contributed by atoms with Crippen molar-refractivity contribution in [3.8, 4) is 0 Å². The Kier molecular flexibility index (Phi) is 6.02. The quantitative estimate of drug-likeness (QED) is 0.733. The van der Waals surface area contributed by atoms with Gasteiger partial charge in [0.15, 0.2) is 0 Å². The van der Waals surface area contributed by atoms with Crippen molar-refractivity contribution in [1.82, 2.24) is 15.1 Å². The van der Waals surface area contributed by atoms with E-state index < -0.39 is 0 Å². The highest BCUT2D eigenvalue weighted by Crippen LogP contribution is 2.30. The Labute approximate surface area is 143 Å². The number of aryl methyl sites for hydroxylation is 2. The van der Waals surface area contributed by atoms with Gasteiger partial charge in [0.1, 0.15) is 0 Å². The molecular formula is C16H21Br2N3. The summed E-state index contributed by atoms with van der Waals surface area (Å²) < 4.78 is 4.25. The second-order valence-corrected chi connectivity index (χ2v) is 6.80. The van der Waals surface area contributed by atoms with Gasteiger partial charge in [-0.1, -0.05) is 35.0 Å². The van der Waals surface area contributed by atoms with E-state index in [4.69, 9.17) is 0 Å². The average molecular weight is 415 g/mol. The summed E-state index contributed by atoms with van der Waals surface area (Å²) in [6, 6.07) is 6.67. The summed E-state index contributed by atoms with van der Waals surface area (Å²) in [5.41, 5.74) is 3.70. The summed E-state index contributed by atoms with van der Waals surface area (Å²) in [4.78, 5) is 0. The normalized spacial score (nSPS) is 12.6. The van der Waals surface area contributed by atoms with E-state index in [0.717, 1.165) is 28.5 Å². The van der Waals surface area contributed by atoms with Crippen LogP contribution >= 0.6 is 31.9 Å². The molecule has 0 radical (unpaired) electrons. The zero-order valence-electron chi connectivity index (χ0n) is 12.7. The SMILES string of the molecule is CCCNC(c1ccc(Br)c(C)c1)c1c(Br)cnn1CC. The first-order chi connectivity index (χ1) is 10.1. The maximum Gasteiger partial charge on any atom is 0.0759 e. The topological polar surface area (TPSA) is 29.9 Å². The predicted octanol–water partition coefficient (Wildman–Crippen LogP) is 4.83. The number of nitrogens with zero attached hydrogens (tertiary/aromatic N) is 2. The lowest BCUT2D eigenvalue weighted by Gasteiger charge is -2.21. The third-order valence-electron chi connectivity index (χ3n) is 3.52. The van der Waals surface area contributed by atoms with Crippen LogP contribution in [0.5, 0.6) is 0 Å². The summed E-state index contributed by atoms with van der Waals surface area (Å²) in [6.07, 6.45) is 2.98. The largest absolute Gasteiger partial charge is 0.305 e. The molecule has 0 aliphatic carbocycles. The molecule has 1 unspecified atom stereocenters. The third kappa shape index (κ3) is 3.76. The van der Waals surface area contributed by atoms with Crippen LogP contribution in [0.4, 0.5) is 0 Å². The number of nitrogens with one attached hydrogen (secondary N) is 1. The number of hydrogen-bond acceptors (Lipinski definition) is 2. The van der Waals surface area contributed by atoms with Gasteiger partial charge in [-0.05, 0) is 59.9 Å². The molecule has 0 bridgehead atoms. The monoisotopic (exact) mass is 413 g/mol. The maximum absolute atomic E-state index is 4.45. The van der Waals surface area contributed by atoms with E-state index in [9.17, 15) is 0 Å². The lowest BCUT2D eigenvalue weighted by molar-refractivity contribution is 0.528. The van der Waals surface area contributed by atoms with Gasteiger partial charge < -0.3 is 5.32 Å². The van der Waals surface area contributed by atoms with Crippen molar-refractivity contribution in [2.24, 2.45) is 0 Å². The molecule has 0 saturated carbocycles. The van der Waals surface area contributed by atoms with Crippen LogP contribution in [0.2, 0.25) is 0 Å². The van der Waals surface area contributed by atoms with Crippen LogP contribution in [0.15, 0.2) is 33.3 Å². The van der Waals surface area contributed by atoms with Gasteiger partial charge >= 0.3 is 0 Å².